The minimum Gasteiger partial charge on any atom is -0.494 e. The van der Waals surface area contributed by atoms with Gasteiger partial charge in [-0.1, -0.05) is 37.4 Å². The van der Waals surface area contributed by atoms with Crippen LogP contribution in [0.1, 0.15) is 37.6 Å². The summed E-state index contributed by atoms with van der Waals surface area (Å²) in [6, 6.07) is 5.89. The van der Waals surface area contributed by atoms with Gasteiger partial charge >= 0.3 is 0 Å². The van der Waals surface area contributed by atoms with Crippen molar-refractivity contribution in [3.63, 3.8) is 0 Å². The minimum atomic E-state index is 0.708. The van der Waals surface area contributed by atoms with E-state index in [1.54, 1.807) is 0 Å². The third-order valence-electron chi connectivity index (χ3n) is 3.33. The maximum absolute atomic E-state index is 6.35. The van der Waals surface area contributed by atoms with Crippen molar-refractivity contribution in [1.82, 2.24) is 9.55 Å². The summed E-state index contributed by atoms with van der Waals surface area (Å²) >= 11 is 9.74. The first-order valence-electron chi connectivity index (χ1n) is 7.20. The molecule has 1 heterocycles. The summed E-state index contributed by atoms with van der Waals surface area (Å²) < 4.78 is 8.61. The van der Waals surface area contributed by atoms with Crippen LogP contribution in [0.2, 0.25) is 5.02 Å². The summed E-state index contributed by atoms with van der Waals surface area (Å²) in [6.45, 7) is 5.61. The molecule has 0 aliphatic rings. The zero-order valence-electron chi connectivity index (χ0n) is 12.4. The van der Waals surface area contributed by atoms with Gasteiger partial charge < -0.3 is 9.30 Å². The number of aryl methyl sites for hydroxylation is 1. The minimum absolute atomic E-state index is 0.708. The van der Waals surface area contributed by atoms with E-state index in [2.05, 4.69) is 32.4 Å². The van der Waals surface area contributed by atoms with E-state index in [-0.39, 0.29) is 0 Å². The number of unbranched alkanes of at least 4 members (excludes halogenated alkanes) is 2. The molecule has 0 saturated heterocycles. The Morgan fingerprint density at radius 2 is 2.14 bits per heavy atom. The van der Waals surface area contributed by atoms with Gasteiger partial charge in [0.2, 0.25) is 0 Å². The number of hydrogen-bond donors (Lipinski definition) is 0. The highest BCUT2D eigenvalue weighted by Crippen LogP contribution is 2.24. The second-order valence-corrected chi connectivity index (χ2v) is 6.27. The first kappa shape index (κ1) is 16.4. The Bertz CT molecular complexity index is 598. The number of aromatic nitrogens is 2. The fraction of sp³-hybridized carbons (Fsp3) is 0.438. The summed E-state index contributed by atoms with van der Waals surface area (Å²) in [5, 5.41) is 0.729. The third-order valence-corrected chi connectivity index (χ3v) is 4.06. The van der Waals surface area contributed by atoms with Crippen molar-refractivity contribution in [2.75, 3.05) is 6.61 Å². The van der Waals surface area contributed by atoms with Gasteiger partial charge in [0.05, 0.1) is 13.2 Å². The summed E-state index contributed by atoms with van der Waals surface area (Å²) in [7, 11) is 0. The van der Waals surface area contributed by atoms with Crippen molar-refractivity contribution in [2.45, 2.75) is 39.7 Å². The lowest BCUT2D eigenvalue weighted by Gasteiger charge is -2.10. The number of benzene rings is 1. The zero-order chi connectivity index (χ0) is 15.2. The average molecular weight is 372 g/mol. The lowest BCUT2D eigenvalue weighted by atomic mass is 10.2. The average Bonchev–Trinajstić information content (AvgIpc) is 2.76. The molecule has 0 aliphatic heterocycles. The van der Waals surface area contributed by atoms with Gasteiger partial charge in [0.25, 0.3) is 0 Å². The van der Waals surface area contributed by atoms with Crippen LogP contribution in [0.15, 0.2) is 29.0 Å². The highest BCUT2D eigenvalue weighted by molar-refractivity contribution is 9.10. The van der Waals surface area contributed by atoms with E-state index in [4.69, 9.17) is 16.3 Å². The lowest BCUT2D eigenvalue weighted by Crippen LogP contribution is -2.02. The van der Waals surface area contributed by atoms with Crippen LogP contribution in [0, 0.1) is 6.92 Å². The molecule has 0 spiro atoms. The normalized spacial score (nSPS) is 10.9. The number of imidazole rings is 1. The highest BCUT2D eigenvalue weighted by atomic mass is 79.9. The standard InChI is InChI=1S/C16H20BrClN2O/c1-3-4-5-8-21-14-7-6-13(15(18)9-14)10-20-11-16(17)19-12(20)2/h6-7,9,11H,3-5,8,10H2,1-2H3. The van der Waals surface area contributed by atoms with Gasteiger partial charge in [-0.15, -0.1) is 0 Å². The molecule has 5 heteroatoms. The first-order chi connectivity index (χ1) is 10.1. The first-order valence-corrected chi connectivity index (χ1v) is 8.37. The quantitative estimate of drug-likeness (QED) is 0.623. The Labute approximate surface area is 139 Å². The van der Waals surface area contributed by atoms with Crippen LogP contribution in [-0.4, -0.2) is 16.2 Å². The molecular formula is C16H20BrClN2O. The molecule has 3 nitrogen and oxygen atoms in total. The van der Waals surface area contributed by atoms with E-state index in [0.717, 1.165) is 39.8 Å². The van der Waals surface area contributed by atoms with Crippen molar-refractivity contribution < 1.29 is 4.74 Å². The van der Waals surface area contributed by atoms with E-state index in [0.29, 0.717) is 6.54 Å². The predicted molar refractivity (Wildman–Crippen MR) is 90.2 cm³/mol. The molecule has 2 rings (SSSR count). The van der Waals surface area contributed by atoms with Gasteiger partial charge in [-0.3, -0.25) is 0 Å². The monoisotopic (exact) mass is 370 g/mol. The van der Waals surface area contributed by atoms with Crippen LogP contribution in [0.4, 0.5) is 0 Å². The van der Waals surface area contributed by atoms with Crippen LogP contribution in [0.25, 0.3) is 0 Å². The van der Waals surface area contributed by atoms with Gasteiger partial charge in [0.15, 0.2) is 0 Å². The van der Waals surface area contributed by atoms with Gasteiger partial charge in [-0.05, 0) is 47.0 Å². The fourth-order valence-corrected chi connectivity index (χ4v) is 2.84. The molecule has 0 aliphatic carbocycles. The Morgan fingerprint density at radius 1 is 1.33 bits per heavy atom. The van der Waals surface area contributed by atoms with Crippen molar-refractivity contribution in [1.29, 1.82) is 0 Å². The molecule has 1 aromatic heterocycles. The Balaban J connectivity index is 2.00. The number of ether oxygens (including phenoxy) is 1. The van der Waals surface area contributed by atoms with E-state index in [1.165, 1.54) is 12.8 Å². The van der Waals surface area contributed by atoms with Crippen molar-refractivity contribution in [3.8, 4) is 5.75 Å². The lowest BCUT2D eigenvalue weighted by molar-refractivity contribution is 0.306. The SMILES string of the molecule is CCCCCOc1ccc(Cn2cc(Br)nc2C)c(Cl)c1. The topological polar surface area (TPSA) is 27.1 Å². The maximum atomic E-state index is 6.35. The Kier molecular flexibility index (Phi) is 6.12. The molecule has 21 heavy (non-hydrogen) atoms. The van der Waals surface area contributed by atoms with E-state index < -0.39 is 0 Å². The fourth-order valence-electron chi connectivity index (χ4n) is 2.10. The van der Waals surface area contributed by atoms with Crippen LogP contribution in [-0.2, 0) is 6.54 Å². The van der Waals surface area contributed by atoms with Crippen molar-refractivity contribution >= 4 is 27.5 Å². The number of nitrogens with zero attached hydrogens (tertiary/aromatic N) is 2. The predicted octanol–water partition coefficient (Wildman–Crippen LogP) is 5.22. The third kappa shape index (κ3) is 4.75. The number of rotatable bonds is 7. The maximum Gasteiger partial charge on any atom is 0.124 e. The van der Waals surface area contributed by atoms with Crippen LogP contribution >= 0.6 is 27.5 Å². The van der Waals surface area contributed by atoms with E-state index in [9.17, 15) is 0 Å². The number of halogens is 2. The van der Waals surface area contributed by atoms with Crippen LogP contribution in [0.3, 0.4) is 0 Å². The second kappa shape index (κ2) is 7.85. The summed E-state index contributed by atoms with van der Waals surface area (Å²) in [6.07, 6.45) is 5.43. The number of hydrogen-bond acceptors (Lipinski definition) is 2. The molecule has 0 atom stereocenters. The van der Waals surface area contributed by atoms with Gasteiger partial charge in [0.1, 0.15) is 16.2 Å². The Morgan fingerprint density at radius 3 is 2.76 bits per heavy atom. The highest BCUT2D eigenvalue weighted by Gasteiger charge is 2.07. The van der Waals surface area contributed by atoms with Gasteiger partial charge in [-0.2, -0.15) is 0 Å². The second-order valence-electron chi connectivity index (χ2n) is 5.05. The molecule has 0 N–H and O–H groups in total. The molecule has 0 bridgehead atoms. The van der Waals surface area contributed by atoms with E-state index in [1.807, 2.05) is 31.3 Å². The van der Waals surface area contributed by atoms with Gasteiger partial charge in [0, 0.05) is 11.2 Å². The van der Waals surface area contributed by atoms with Crippen molar-refractivity contribution in [3.05, 3.63) is 45.4 Å². The van der Waals surface area contributed by atoms with Crippen LogP contribution in [0.5, 0.6) is 5.75 Å². The molecule has 0 radical (unpaired) electrons. The molecule has 114 valence electrons. The molecule has 2 aromatic rings. The van der Waals surface area contributed by atoms with Crippen molar-refractivity contribution in [2.24, 2.45) is 0 Å². The molecule has 1 aromatic carbocycles. The largest absolute Gasteiger partial charge is 0.494 e. The molecule has 0 unspecified atom stereocenters. The summed E-state index contributed by atoms with van der Waals surface area (Å²) in [5.74, 6) is 1.79. The molecule has 0 fully saturated rings. The molecule has 0 saturated carbocycles. The van der Waals surface area contributed by atoms with Gasteiger partial charge in [-0.25, -0.2) is 4.98 Å². The zero-order valence-corrected chi connectivity index (χ0v) is 14.7. The summed E-state index contributed by atoms with van der Waals surface area (Å²) in [5.41, 5.74) is 1.06. The molecular weight excluding hydrogens is 352 g/mol. The Hall–Kier alpha value is -1.00. The van der Waals surface area contributed by atoms with Crippen LogP contribution < -0.4 is 4.74 Å². The van der Waals surface area contributed by atoms with E-state index >= 15 is 0 Å². The smallest absolute Gasteiger partial charge is 0.124 e. The summed E-state index contributed by atoms with van der Waals surface area (Å²) in [4.78, 5) is 4.32. The molecule has 0 amide bonds.